The van der Waals surface area contributed by atoms with Gasteiger partial charge < -0.3 is 15.2 Å². The third kappa shape index (κ3) is 5.75. The Bertz CT molecular complexity index is 900. The first-order chi connectivity index (χ1) is 16.3. The van der Waals surface area contributed by atoms with Gasteiger partial charge in [-0.25, -0.2) is 0 Å². The zero-order valence-electron chi connectivity index (χ0n) is 20.0. The van der Waals surface area contributed by atoms with Crippen molar-refractivity contribution in [1.29, 1.82) is 0 Å². The van der Waals surface area contributed by atoms with Crippen molar-refractivity contribution in [2.45, 2.75) is 77.0 Å². The second-order valence-electron chi connectivity index (χ2n) is 10.1. The number of nitrogens with zero attached hydrogens (tertiary/aromatic N) is 5. The molecule has 33 heavy (non-hydrogen) atoms. The molecular weight excluding hydrogens is 410 g/mol. The number of rotatable bonds is 8. The van der Waals surface area contributed by atoms with E-state index in [0.717, 1.165) is 75.6 Å². The van der Waals surface area contributed by atoms with E-state index < -0.39 is 0 Å². The number of benzene rings is 1. The summed E-state index contributed by atoms with van der Waals surface area (Å²) in [4.78, 5) is 7.58. The number of fused-ring (bicyclic) bond motifs is 2. The third-order valence-electron chi connectivity index (χ3n) is 7.86. The quantitative estimate of drug-likeness (QED) is 0.478. The van der Waals surface area contributed by atoms with E-state index >= 15 is 0 Å². The van der Waals surface area contributed by atoms with Crippen LogP contribution in [0.5, 0.6) is 0 Å². The second kappa shape index (κ2) is 10.7. The number of nitrogens with one attached hydrogen (secondary N) is 2. The summed E-state index contributed by atoms with van der Waals surface area (Å²) in [5, 5.41) is 15.9. The molecule has 2 N–H and O–H groups in total. The van der Waals surface area contributed by atoms with Crippen molar-refractivity contribution in [2.24, 2.45) is 16.8 Å². The highest BCUT2D eigenvalue weighted by Crippen LogP contribution is 2.44. The Labute approximate surface area is 198 Å². The summed E-state index contributed by atoms with van der Waals surface area (Å²) in [6, 6.07) is 11.9. The molecule has 2 heterocycles. The molecule has 0 spiro atoms. The molecule has 2 aliphatic carbocycles. The Morgan fingerprint density at radius 2 is 1.91 bits per heavy atom. The number of guanidine groups is 1. The number of aryl methyl sites for hydroxylation is 1. The molecule has 2 aromatic rings. The summed E-state index contributed by atoms with van der Waals surface area (Å²) >= 11 is 0. The molecule has 2 bridgehead atoms. The summed E-state index contributed by atoms with van der Waals surface area (Å²) < 4.78 is 2.13. The van der Waals surface area contributed by atoms with E-state index in [1.54, 1.807) is 0 Å². The number of hydrogen-bond donors (Lipinski definition) is 2. The van der Waals surface area contributed by atoms with E-state index in [9.17, 15) is 0 Å². The molecular formula is C26H39N7. The molecule has 0 amide bonds. The standard InChI is InChI=1S/C26H39N7/c1-2-25-31-28-19-33(25)15-12-27-26(30-24-17-21-8-9-22(24)16-21)29-23-10-13-32(14-11-23)18-20-6-4-3-5-7-20/h3-7,19,21-24H,2,8-18H2,1H3,(H2,27,29,30). The molecule has 1 aliphatic heterocycles. The van der Waals surface area contributed by atoms with Crippen molar-refractivity contribution in [2.75, 3.05) is 19.6 Å². The molecule has 5 rings (SSSR count). The van der Waals surface area contributed by atoms with Crippen LogP contribution in [0.3, 0.4) is 0 Å². The average Bonchev–Trinajstić information content (AvgIpc) is 3.58. The van der Waals surface area contributed by atoms with E-state index in [2.05, 4.69) is 67.6 Å². The Morgan fingerprint density at radius 3 is 2.64 bits per heavy atom. The maximum absolute atomic E-state index is 5.01. The van der Waals surface area contributed by atoms with Gasteiger partial charge in [-0.1, -0.05) is 43.7 Å². The first-order valence-electron chi connectivity index (χ1n) is 13.0. The topological polar surface area (TPSA) is 70.4 Å². The molecule has 1 saturated heterocycles. The van der Waals surface area contributed by atoms with Crippen LogP contribution in [0.4, 0.5) is 0 Å². The molecule has 3 aliphatic rings. The lowest BCUT2D eigenvalue weighted by atomic mass is 9.95. The van der Waals surface area contributed by atoms with Crippen molar-refractivity contribution in [3.8, 4) is 0 Å². The normalized spacial score (nSPS) is 26.1. The Kier molecular flexibility index (Phi) is 7.24. The molecule has 178 valence electrons. The lowest BCUT2D eigenvalue weighted by Gasteiger charge is -2.34. The van der Waals surface area contributed by atoms with Gasteiger partial charge >= 0.3 is 0 Å². The van der Waals surface area contributed by atoms with Gasteiger partial charge in [0.2, 0.25) is 0 Å². The van der Waals surface area contributed by atoms with Gasteiger partial charge in [-0.05, 0) is 49.5 Å². The maximum atomic E-state index is 5.01. The fraction of sp³-hybridized carbons (Fsp3) is 0.654. The SMILES string of the molecule is CCc1nncn1CCN=C(NC1CCN(Cc2ccccc2)CC1)NC1CC2CCC1C2. The van der Waals surface area contributed by atoms with Gasteiger partial charge in [-0.3, -0.25) is 9.89 Å². The Balaban J connectivity index is 1.16. The van der Waals surface area contributed by atoms with Gasteiger partial charge in [-0.15, -0.1) is 10.2 Å². The van der Waals surface area contributed by atoms with Crippen LogP contribution in [0.1, 0.15) is 56.8 Å². The van der Waals surface area contributed by atoms with Crippen LogP contribution in [-0.2, 0) is 19.5 Å². The molecule has 0 radical (unpaired) electrons. The lowest BCUT2D eigenvalue weighted by molar-refractivity contribution is 0.198. The lowest BCUT2D eigenvalue weighted by Crippen LogP contribution is -2.51. The van der Waals surface area contributed by atoms with Crippen LogP contribution in [0.25, 0.3) is 0 Å². The first kappa shape index (κ1) is 22.4. The smallest absolute Gasteiger partial charge is 0.191 e. The zero-order chi connectivity index (χ0) is 22.5. The van der Waals surface area contributed by atoms with Crippen molar-refractivity contribution in [3.05, 3.63) is 48.0 Å². The van der Waals surface area contributed by atoms with Crippen molar-refractivity contribution in [1.82, 2.24) is 30.3 Å². The monoisotopic (exact) mass is 449 g/mol. The zero-order valence-corrected chi connectivity index (χ0v) is 20.0. The fourth-order valence-electron chi connectivity index (χ4n) is 6.01. The maximum Gasteiger partial charge on any atom is 0.191 e. The fourth-order valence-corrected chi connectivity index (χ4v) is 6.01. The third-order valence-corrected chi connectivity index (χ3v) is 7.86. The number of piperidine rings is 1. The summed E-state index contributed by atoms with van der Waals surface area (Å²) in [6.07, 6.45) is 10.6. The van der Waals surface area contributed by atoms with Gasteiger partial charge in [0.25, 0.3) is 0 Å². The van der Waals surface area contributed by atoms with Gasteiger partial charge in [0.1, 0.15) is 12.2 Å². The molecule has 2 saturated carbocycles. The number of aromatic nitrogens is 3. The van der Waals surface area contributed by atoms with Gasteiger partial charge in [-0.2, -0.15) is 0 Å². The van der Waals surface area contributed by atoms with Crippen LogP contribution >= 0.6 is 0 Å². The van der Waals surface area contributed by atoms with Crippen LogP contribution in [0.2, 0.25) is 0 Å². The molecule has 7 heteroatoms. The number of hydrogen-bond acceptors (Lipinski definition) is 4. The average molecular weight is 450 g/mol. The highest BCUT2D eigenvalue weighted by Gasteiger charge is 2.40. The number of likely N-dealkylation sites (tertiary alicyclic amines) is 1. The van der Waals surface area contributed by atoms with Crippen molar-refractivity contribution < 1.29 is 0 Å². The van der Waals surface area contributed by atoms with E-state index in [1.165, 1.54) is 31.2 Å². The predicted octanol–water partition coefficient (Wildman–Crippen LogP) is 3.23. The highest BCUT2D eigenvalue weighted by atomic mass is 15.3. The predicted molar refractivity (Wildman–Crippen MR) is 132 cm³/mol. The minimum absolute atomic E-state index is 0.489. The summed E-state index contributed by atoms with van der Waals surface area (Å²) in [5.41, 5.74) is 1.41. The first-order valence-corrected chi connectivity index (χ1v) is 13.0. The highest BCUT2D eigenvalue weighted by molar-refractivity contribution is 5.80. The van der Waals surface area contributed by atoms with Crippen molar-refractivity contribution >= 4 is 5.96 Å². The molecule has 7 nitrogen and oxygen atoms in total. The summed E-state index contributed by atoms with van der Waals surface area (Å²) in [7, 11) is 0. The van der Waals surface area contributed by atoms with E-state index in [0.29, 0.717) is 12.1 Å². The summed E-state index contributed by atoms with van der Waals surface area (Å²) in [5.74, 6) is 3.81. The largest absolute Gasteiger partial charge is 0.354 e. The Morgan fingerprint density at radius 1 is 1.06 bits per heavy atom. The van der Waals surface area contributed by atoms with Crippen molar-refractivity contribution in [3.63, 3.8) is 0 Å². The van der Waals surface area contributed by atoms with Gasteiger partial charge in [0.05, 0.1) is 6.54 Å². The van der Waals surface area contributed by atoms with Gasteiger partial charge in [0, 0.05) is 44.7 Å². The van der Waals surface area contributed by atoms with E-state index in [1.807, 2.05) is 6.33 Å². The number of aliphatic imine (C=N–C) groups is 1. The van der Waals surface area contributed by atoms with Crippen LogP contribution in [-0.4, -0.2) is 57.3 Å². The van der Waals surface area contributed by atoms with E-state index in [4.69, 9.17) is 4.99 Å². The molecule has 3 unspecified atom stereocenters. The minimum atomic E-state index is 0.489. The molecule has 3 atom stereocenters. The van der Waals surface area contributed by atoms with Crippen LogP contribution < -0.4 is 10.6 Å². The van der Waals surface area contributed by atoms with Crippen LogP contribution in [0, 0.1) is 11.8 Å². The molecule has 1 aromatic heterocycles. The second-order valence-corrected chi connectivity index (χ2v) is 10.1. The van der Waals surface area contributed by atoms with Crippen LogP contribution in [0.15, 0.2) is 41.7 Å². The Hall–Kier alpha value is -2.41. The summed E-state index contributed by atoms with van der Waals surface area (Å²) in [6.45, 7) is 7.01. The van der Waals surface area contributed by atoms with Gasteiger partial charge in [0.15, 0.2) is 5.96 Å². The molecule has 1 aromatic carbocycles. The molecule has 3 fully saturated rings. The van der Waals surface area contributed by atoms with E-state index in [-0.39, 0.29) is 0 Å². The minimum Gasteiger partial charge on any atom is -0.354 e.